The molecule has 2 aromatic rings. The Morgan fingerprint density at radius 1 is 1.00 bits per heavy atom. The van der Waals surface area contributed by atoms with Crippen LogP contribution in [0.5, 0.6) is 23.0 Å². The van der Waals surface area contributed by atoms with Gasteiger partial charge in [0.15, 0.2) is 5.78 Å². The van der Waals surface area contributed by atoms with Gasteiger partial charge in [0, 0.05) is 17.7 Å². The van der Waals surface area contributed by atoms with Gasteiger partial charge < -0.3 is 19.3 Å². The van der Waals surface area contributed by atoms with E-state index in [1.807, 2.05) is 6.92 Å². The minimum Gasteiger partial charge on any atom is -0.507 e. The maximum Gasteiger partial charge on any atom is 0.193 e. The fourth-order valence-corrected chi connectivity index (χ4v) is 2.30. The maximum absolute atomic E-state index is 12.6. The average molecular weight is 328 g/mol. The zero-order chi connectivity index (χ0) is 17.7. The molecule has 0 radical (unpaired) electrons. The lowest BCUT2D eigenvalue weighted by Crippen LogP contribution is -2.03. The molecule has 0 saturated heterocycles. The third-order valence-corrected chi connectivity index (χ3v) is 3.56. The third kappa shape index (κ3) is 3.68. The van der Waals surface area contributed by atoms with Gasteiger partial charge in [0.1, 0.15) is 28.6 Å². The highest BCUT2D eigenvalue weighted by atomic mass is 16.5. The van der Waals surface area contributed by atoms with Crippen molar-refractivity contribution in [2.75, 3.05) is 21.3 Å². The number of hydrogen-bond donors (Lipinski definition) is 1. The van der Waals surface area contributed by atoms with Gasteiger partial charge in [0.2, 0.25) is 0 Å². The van der Waals surface area contributed by atoms with Crippen LogP contribution in [0.15, 0.2) is 36.4 Å². The van der Waals surface area contributed by atoms with Crippen LogP contribution in [0, 0.1) is 6.92 Å². The summed E-state index contributed by atoms with van der Waals surface area (Å²) in [7, 11) is 4.47. The number of carbonyl (C=O) groups excluding carboxylic acids is 1. The Morgan fingerprint density at radius 2 is 1.62 bits per heavy atom. The first-order chi connectivity index (χ1) is 11.5. The lowest BCUT2D eigenvalue weighted by Gasteiger charge is -2.13. The molecule has 0 aliphatic heterocycles. The van der Waals surface area contributed by atoms with E-state index in [0.29, 0.717) is 28.4 Å². The van der Waals surface area contributed by atoms with Crippen LogP contribution in [0.3, 0.4) is 0 Å². The van der Waals surface area contributed by atoms with Crippen LogP contribution in [0.25, 0.3) is 6.08 Å². The predicted octanol–water partition coefficient (Wildman–Crippen LogP) is 3.62. The number of hydrogen-bond acceptors (Lipinski definition) is 5. The molecule has 0 aliphatic rings. The highest BCUT2D eigenvalue weighted by Crippen LogP contribution is 2.34. The van der Waals surface area contributed by atoms with Crippen molar-refractivity contribution in [2.45, 2.75) is 6.92 Å². The van der Waals surface area contributed by atoms with E-state index in [-0.39, 0.29) is 11.5 Å². The van der Waals surface area contributed by atoms with Gasteiger partial charge >= 0.3 is 0 Å². The number of rotatable bonds is 6. The van der Waals surface area contributed by atoms with E-state index in [1.165, 1.54) is 27.4 Å². The first-order valence-corrected chi connectivity index (χ1v) is 7.32. The molecule has 0 unspecified atom stereocenters. The number of aryl methyl sites for hydroxylation is 1. The molecule has 5 nitrogen and oxygen atoms in total. The number of allylic oxidation sites excluding steroid dienone is 1. The molecule has 0 atom stereocenters. The summed E-state index contributed by atoms with van der Waals surface area (Å²) in [5, 5.41) is 9.86. The minimum absolute atomic E-state index is 0.110. The highest BCUT2D eigenvalue weighted by molar-refractivity contribution is 6.10. The zero-order valence-electron chi connectivity index (χ0n) is 14.1. The zero-order valence-corrected chi connectivity index (χ0v) is 14.1. The van der Waals surface area contributed by atoms with Gasteiger partial charge in [0.25, 0.3) is 0 Å². The molecule has 0 bridgehead atoms. The fraction of sp³-hybridized carbons (Fsp3) is 0.211. The monoisotopic (exact) mass is 328 g/mol. The normalized spacial score (nSPS) is 10.7. The topological polar surface area (TPSA) is 65.0 Å². The van der Waals surface area contributed by atoms with Gasteiger partial charge in [-0.1, -0.05) is 11.6 Å². The summed E-state index contributed by atoms with van der Waals surface area (Å²) in [6.07, 6.45) is 2.94. The summed E-state index contributed by atoms with van der Waals surface area (Å²) in [5.41, 5.74) is 1.85. The number of ether oxygens (including phenoxy) is 3. The molecule has 24 heavy (non-hydrogen) atoms. The van der Waals surface area contributed by atoms with Crippen LogP contribution in [-0.4, -0.2) is 32.2 Å². The smallest absolute Gasteiger partial charge is 0.193 e. The van der Waals surface area contributed by atoms with Gasteiger partial charge in [0.05, 0.1) is 21.3 Å². The number of ketones is 1. The third-order valence-electron chi connectivity index (χ3n) is 3.56. The number of benzene rings is 2. The van der Waals surface area contributed by atoms with Crippen LogP contribution in [-0.2, 0) is 0 Å². The number of methoxy groups -OCH3 is 3. The lowest BCUT2D eigenvalue weighted by atomic mass is 10.0. The molecular formula is C19H20O5. The number of phenolic OH excluding ortho intramolecular Hbond substituents is 1. The summed E-state index contributed by atoms with van der Waals surface area (Å²) in [4.78, 5) is 12.6. The Morgan fingerprint density at radius 3 is 2.17 bits per heavy atom. The highest BCUT2D eigenvalue weighted by Gasteiger charge is 2.18. The molecule has 0 heterocycles. The van der Waals surface area contributed by atoms with E-state index in [4.69, 9.17) is 14.2 Å². The molecule has 0 amide bonds. The quantitative estimate of drug-likeness (QED) is 0.648. The maximum atomic E-state index is 12.6. The molecule has 0 aromatic heterocycles. The predicted molar refractivity (Wildman–Crippen MR) is 92.3 cm³/mol. The fourth-order valence-electron chi connectivity index (χ4n) is 2.30. The van der Waals surface area contributed by atoms with Gasteiger partial charge in [-0.2, -0.15) is 0 Å². The standard InChI is InChI=1S/C19H20O5/c1-12-5-7-15(20)13(9-12)6-8-16(21)19-17(23-3)10-14(22-2)11-18(19)24-4/h5-11,20H,1-4H3/b8-6+. The van der Waals surface area contributed by atoms with Crippen molar-refractivity contribution in [1.82, 2.24) is 0 Å². The molecular weight excluding hydrogens is 308 g/mol. The van der Waals surface area contributed by atoms with Crippen molar-refractivity contribution in [2.24, 2.45) is 0 Å². The Hall–Kier alpha value is -2.95. The molecule has 1 N–H and O–H groups in total. The Kier molecular flexibility index (Phi) is 5.47. The lowest BCUT2D eigenvalue weighted by molar-refractivity contribution is 0.104. The molecule has 0 fully saturated rings. The second-order valence-electron chi connectivity index (χ2n) is 5.17. The Labute approximate surface area is 141 Å². The van der Waals surface area contributed by atoms with Crippen molar-refractivity contribution in [3.63, 3.8) is 0 Å². The van der Waals surface area contributed by atoms with Crippen LogP contribution in [0.1, 0.15) is 21.5 Å². The average Bonchev–Trinajstić information content (AvgIpc) is 2.60. The van der Waals surface area contributed by atoms with E-state index in [1.54, 1.807) is 36.4 Å². The van der Waals surface area contributed by atoms with Crippen LogP contribution in [0.4, 0.5) is 0 Å². The van der Waals surface area contributed by atoms with Crippen LogP contribution >= 0.6 is 0 Å². The van der Waals surface area contributed by atoms with E-state index in [0.717, 1.165) is 5.56 Å². The van der Waals surface area contributed by atoms with Crippen LogP contribution < -0.4 is 14.2 Å². The summed E-state index contributed by atoms with van der Waals surface area (Å²) >= 11 is 0. The first kappa shape index (κ1) is 17.4. The number of carbonyl (C=O) groups is 1. The molecule has 0 saturated carbocycles. The number of phenols is 1. The molecule has 2 aromatic carbocycles. The van der Waals surface area contributed by atoms with Crippen molar-refractivity contribution >= 4 is 11.9 Å². The van der Waals surface area contributed by atoms with Crippen molar-refractivity contribution < 1.29 is 24.1 Å². The SMILES string of the molecule is COc1cc(OC)c(C(=O)/C=C/c2cc(C)ccc2O)c(OC)c1. The molecule has 0 aliphatic carbocycles. The van der Waals surface area contributed by atoms with Crippen molar-refractivity contribution in [3.05, 3.63) is 53.1 Å². The van der Waals surface area contributed by atoms with Crippen molar-refractivity contribution in [3.8, 4) is 23.0 Å². The molecule has 2 rings (SSSR count). The van der Waals surface area contributed by atoms with Gasteiger partial charge in [-0.25, -0.2) is 0 Å². The van der Waals surface area contributed by atoms with Crippen molar-refractivity contribution in [1.29, 1.82) is 0 Å². The van der Waals surface area contributed by atoms with E-state index in [9.17, 15) is 9.90 Å². The Bertz CT molecular complexity index is 752. The first-order valence-electron chi connectivity index (χ1n) is 7.32. The largest absolute Gasteiger partial charge is 0.507 e. The summed E-state index contributed by atoms with van der Waals surface area (Å²) in [6, 6.07) is 8.42. The molecule has 0 spiro atoms. The Balaban J connectivity index is 2.42. The van der Waals surface area contributed by atoms with E-state index in [2.05, 4.69) is 0 Å². The van der Waals surface area contributed by atoms with E-state index < -0.39 is 0 Å². The second kappa shape index (κ2) is 7.55. The molecule has 126 valence electrons. The minimum atomic E-state index is -0.299. The van der Waals surface area contributed by atoms with Gasteiger partial charge in [-0.15, -0.1) is 0 Å². The number of aromatic hydroxyl groups is 1. The van der Waals surface area contributed by atoms with Crippen LogP contribution in [0.2, 0.25) is 0 Å². The summed E-state index contributed by atoms with van der Waals surface area (Å²) in [6.45, 7) is 1.91. The molecule has 5 heteroatoms. The van der Waals surface area contributed by atoms with Gasteiger partial charge in [-0.3, -0.25) is 4.79 Å². The van der Waals surface area contributed by atoms with Gasteiger partial charge in [-0.05, 0) is 31.2 Å². The summed E-state index contributed by atoms with van der Waals surface area (Å²) < 4.78 is 15.7. The summed E-state index contributed by atoms with van der Waals surface area (Å²) in [5.74, 6) is 1.05. The van der Waals surface area contributed by atoms with E-state index >= 15 is 0 Å². The second-order valence-corrected chi connectivity index (χ2v) is 5.17.